The summed E-state index contributed by atoms with van der Waals surface area (Å²) >= 11 is 0.0716. The minimum absolute atomic E-state index is 0.0716. The van der Waals surface area contributed by atoms with Crippen molar-refractivity contribution in [3.8, 4) is 9.51 Å². The molecule has 0 amide bonds. The Bertz CT molecular complexity index is 113. The number of hydrogen-bond donors (Lipinski definition) is 0. The summed E-state index contributed by atoms with van der Waals surface area (Å²) in [6.07, 6.45) is 0. The standard InChI is InChI=1S/C6H12SiTe/c1-7(2,3)5-6-8-4/h1-4H3. The number of hydrogen-bond acceptors (Lipinski definition) is 0. The summed E-state index contributed by atoms with van der Waals surface area (Å²) in [5, 5.41) is 0. The summed E-state index contributed by atoms with van der Waals surface area (Å²) in [6.45, 7) is 6.84. The molecule has 0 aromatic rings. The van der Waals surface area contributed by atoms with E-state index in [2.05, 4.69) is 34.1 Å². The van der Waals surface area contributed by atoms with Gasteiger partial charge in [0.15, 0.2) is 0 Å². The van der Waals surface area contributed by atoms with Gasteiger partial charge in [-0.2, -0.15) is 0 Å². The predicted octanol–water partition coefficient (Wildman–Crippen LogP) is 1.58. The molecule has 0 saturated carbocycles. The minimum atomic E-state index is -1.01. The van der Waals surface area contributed by atoms with Crippen molar-refractivity contribution in [2.45, 2.75) is 24.6 Å². The van der Waals surface area contributed by atoms with Crippen LogP contribution in [0.25, 0.3) is 0 Å². The molecule has 0 aromatic heterocycles. The molecule has 0 aliphatic rings. The predicted molar refractivity (Wildman–Crippen MR) is 42.7 cm³/mol. The van der Waals surface area contributed by atoms with Crippen molar-refractivity contribution in [3.63, 3.8) is 0 Å². The normalized spacial score (nSPS) is 10.0. The topological polar surface area (TPSA) is 0 Å². The van der Waals surface area contributed by atoms with Gasteiger partial charge in [-0.25, -0.2) is 0 Å². The van der Waals surface area contributed by atoms with E-state index in [1.165, 1.54) is 0 Å². The van der Waals surface area contributed by atoms with Crippen molar-refractivity contribution in [2.24, 2.45) is 0 Å². The quantitative estimate of drug-likeness (QED) is 0.445. The Morgan fingerprint density at radius 1 is 1.25 bits per heavy atom. The van der Waals surface area contributed by atoms with E-state index in [1.807, 2.05) is 0 Å². The Labute approximate surface area is 63.1 Å². The van der Waals surface area contributed by atoms with E-state index in [-0.39, 0.29) is 20.9 Å². The average molecular weight is 240 g/mol. The van der Waals surface area contributed by atoms with Crippen LogP contribution in [0.1, 0.15) is 0 Å². The molecule has 2 heteroatoms. The third-order valence-corrected chi connectivity index (χ3v) is 2.84. The van der Waals surface area contributed by atoms with Crippen LogP contribution >= 0.6 is 0 Å². The zero-order valence-electron chi connectivity index (χ0n) is 5.91. The van der Waals surface area contributed by atoms with Crippen LogP contribution in [0.4, 0.5) is 0 Å². The molecule has 0 aliphatic carbocycles. The summed E-state index contributed by atoms with van der Waals surface area (Å²) in [7, 11) is -1.01. The van der Waals surface area contributed by atoms with Crippen LogP contribution in [-0.4, -0.2) is 29.0 Å². The molecule has 46 valence electrons. The second kappa shape index (κ2) is 3.56. The molecule has 0 fully saturated rings. The van der Waals surface area contributed by atoms with Gasteiger partial charge in [0.1, 0.15) is 0 Å². The Morgan fingerprint density at radius 2 is 1.75 bits per heavy atom. The van der Waals surface area contributed by atoms with Crippen molar-refractivity contribution < 1.29 is 0 Å². The van der Waals surface area contributed by atoms with Crippen molar-refractivity contribution >= 4 is 29.0 Å². The molecule has 0 unspecified atom stereocenters. The molecular weight excluding hydrogens is 228 g/mol. The fourth-order valence-electron chi connectivity index (χ4n) is 0.204. The number of rotatable bonds is 0. The van der Waals surface area contributed by atoms with Crippen molar-refractivity contribution in [1.82, 2.24) is 0 Å². The molecule has 0 bridgehead atoms. The third kappa shape index (κ3) is 6.57. The molecule has 0 atom stereocenters. The van der Waals surface area contributed by atoms with Crippen molar-refractivity contribution in [3.05, 3.63) is 0 Å². The van der Waals surface area contributed by atoms with E-state index >= 15 is 0 Å². The first-order chi connectivity index (χ1) is 3.56. The molecular formula is C6H12SiTe. The first-order valence-electron chi connectivity index (χ1n) is 2.61. The van der Waals surface area contributed by atoms with Gasteiger partial charge in [0.2, 0.25) is 0 Å². The fourth-order valence-corrected chi connectivity index (χ4v) is 4.11. The van der Waals surface area contributed by atoms with Crippen LogP contribution in [0.2, 0.25) is 24.6 Å². The molecule has 0 N–H and O–H groups in total. The van der Waals surface area contributed by atoms with Crippen molar-refractivity contribution in [2.75, 3.05) is 0 Å². The van der Waals surface area contributed by atoms with E-state index < -0.39 is 8.07 Å². The van der Waals surface area contributed by atoms with Crippen LogP contribution in [0.5, 0.6) is 0 Å². The van der Waals surface area contributed by atoms with Crippen LogP contribution in [0.15, 0.2) is 0 Å². The van der Waals surface area contributed by atoms with Crippen LogP contribution in [0.3, 0.4) is 0 Å². The van der Waals surface area contributed by atoms with Crippen LogP contribution in [0, 0.1) is 9.51 Å². The van der Waals surface area contributed by atoms with Crippen LogP contribution in [-0.2, 0) is 0 Å². The zero-order valence-corrected chi connectivity index (χ0v) is 9.24. The second-order valence-corrected chi connectivity index (χ2v) is 9.18. The molecule has 0 aliphatic heterocycles. The second-order valence-electron chi connectivity index (χ2n) is 2.68. The van der Waals surface area contributed by atoms with E-state index in [0.29, 0.717) is 0 Å². The molecule has 0 nitrogen and oxygen atoms in total. The molecule has 0 spiro atoms. The first kappa shape index (κ1) is 8.57. The zero-order chi connectivity index (χ0) is 6.62. The Morgan fingerprint density at radius 3 is 1.88 bits per heavy atom. The first-order valence-corrected chi connectivity index (χ1v) is 9.61. The fraction of sp³-hybridized carbons (Fsp3) is 0.667. The molecule has 0 aromatic carbocycles. The van der Waals surface area contributed by atoms with E-state index in [0.717, 1.165) is 0 Å². The van der Waals surface area contributed by atoms with Crippen LogP contribution < -0.4 is 0 Å². The van der Waals surface area contributed by atoms with E-state index in [4.69, 9.17) is 0 Å². The van der Waals surface area contributed by atoms with Gasteiger partial charge < -0.3 is 0 Å². The molecule has 0 saturated heterocycles. The van der Waals surface area contributed by atoms with Crippen molar-refractivity contribution in [1.29, 1.82) is 0 Å². The van der Waals surface area contributed by atoms with Gasteiger partial charge in [0.05, 0.1) is 0 Å². The summed E-state index contributed by atoms with van der Waals surface area (Å²) in [5.74, 6) is 0. The Hall–Kier alpha value is 0.566. The molecule has 0 heterocycles. The van der Waals surface area contributed by atoms with Gasteiger partial charge >= 0.3 is 63.1 Å². The summed E-state index contributed by atoms with van der Waals surface area (Å²) < 4.78 is 3.23. The summed E-state index contributed by atoms with van der Waals surface area (Å²) in [4.78, 5) is 2.22. The monoisotopic (exact) mass is 242 g/mol. The van der Waals surface area contributed by atoms with Gasteiger partial charge in [-0.1, -0.05) is 0 Å². The van der Waals surface area contributed by atoms with Gasteiger partial charge in [-0.3, -0.25) is 0 Å². The van der Waals surface area contributed by atoms with E-state index in [9.17, 15) is 0 Å². The summed E-state index contributed by atoms with van der Waals surface area (Å²) in [6, 6.07) is 0. The van der Waals surface area contributed by atoms with E-state index in [1.54, 1.807) is 0 Å². The third-order valence-electron chi connectivity index (χ3n) is 0.528. The van der Waals surface area contributed by atoms with Gasteiger partial charge in [-0.15, -0.1) is 0 Å². The Kier molecular flexibility index (Phi) is 3.82. The van der Waals surface area contributed by atoms with Gasteiger partial charge in [0.25, 0.3) is 0 Å². The molecule has 0 radical (unpaired) electrons. The maximum atomic E-state index is 3.32. The Balaban J connectivity index is 3.69. The molecule has 8 heavy (non-hydrogen) atoms. The SMILES string of the molecule is C[Te]C#C[Si](C)(C)C. The van der Waals surface area contributed by atoms with Gasteiger partial charge in [-0.05, 0) is 0 Å². The maximum absolute atomic E-state index is 3.32. The molecule has 0 rings (SSSR count). The average Bonchev–Trinajstić information content (AvgIpc) is 1.59. The van der Waals surface area contributed by atoms with Gasteiger partial charge in [0, 0.05) is 0 Å². The summed E-state index contributed by atoms with van der Waals surface area (Å²) in [5.41, 5.74) is 3.32.